The third-order valence-electron chi connectivity index (χ3n) is 9.25. The van der Waals surface area contributed by atoms with Crippen LogP contribution < -0.4 is 16.0 Å². The second kappa shape index (κ2) is 16.7. The Hall–Kier alpha value is -4.61. The molecule has 0 bridgehead atoms. The van der Waals surface area contributed by atoms with E-state index in [1.54, 1.807) is 6.07 Å². The van der Waals surface area contributed by atoms with E-state index in [4.69, 9.17) is 14.6 Å². The van der Waals surface area contributed by atoms with Crippen molar-refractivity contribution in [2.24, 2.45) is 11.8 Å². The summed E-state index contributed by atoms with van der Waals surface area (Å²) in [5.41, 5.74) is 3.69. The number of hydrogen-bond acceptors (Lipinski definition) is 7. The number of ether oxygens (including phenoxy) is 2. The van der Waals surface area contributed by atoms with Gasteiger partial charge in [0, 0.05) is 43.6 Å². The lowest BCUT2D eigenvalue weighted by atomic mass is 9.81. The quantitative estimate of drug-likeness (QED) is 0.253. The van der Waals surface area contributed by atoms with Crippen molar-refractivity contribution in [1.29, 1.82) is 0 Å². The van der Waals surface area contributed by atoms with Crippen molar-refractivity contribution < 1.29 is 38.6 Å². The van der Waals surface area contributed by atoms with Gasteiger partial charge in [-0.05, 0) is 107 Å². The van der Waals surface area contributed by atoms with E-state index in [9.17, 15) is 24.0 Å². The van der Waals surface area contributed by atoms with Gasteiger partial charge in [0.2, 0.25) is 5.91 Å². The molecule has 12 nitrogen and oxygen atoms in total. The number of methoxy groups -OCH3 is 1. The molecule has 0 spiro atoms. The Morgan fingerprint density at radius 2 is 1.59 bits per heavy atom. The number of esters is 1. The van der Waals surface area contributed by atoms with Crippen LogP contribution in [0.15, 0.2) is 42.5 Å². The van der Waals surface area contributed by atoms with Crippen molar-refractivity contribution in [3.8, 4) is 11.1 Å². The number of nitrogens with one attached hydrogen (secondary N) is 3. The molecule has 2 aliphatic rings. The topological polar surface area (TPSA) is 163 Å². The molecule has 2 fully saturated rings. The van der Waals surface area contributed by atoms with Crippen LogP contribution in [-0.2, 0) is 25.5 Å². The van der Waals surface area contributed by atoms with Crippen molar-refractivity contribution in [3.63, 3.8) is 0 Å². The van der Waals surface area contributed by atoms with E-state index in [1.165, 1.54) is 12.0 Å². The van der Waals surface area contributed by atoms with Crippen LogP contribution in [0.5, 0.6) is 0 Å². The van der Waals surface area contributed by atoms with E-state index < -0.39 is 29.8 Å². The summed E-state index contributed by atoms with van der Waals surface area (Å²) in [4.78, 5) is 63.3. The Kier molecular flexibility index (Phi) is 12.7. The monoisotopic (exact) mass is 678 g/mol. The third kappa shape index (κ3) is 11.0. The summed E-state index contributed by atoms with van der Waals surface area (Å²) in [5.74, 6) is -0.817. The Labute approximate surface area is 288 Å². The number of alkyl carbamates (subject to hydrolysis) is 1. The average Bonchev–Trinajstić information content (AvgIpc) is 3.06. The van der Waals surface area contributed by atoms with Crippen LogP contribution >= 0.6 is 0 Å². The molecule has 0 unspecified atom stereocenters. The highest BCUT2D eigenvalue weighted by Gasteiger charge is 2.31. The lowest BCUT2D eigenvalue weighted by molar-refractivity contribution is -0.145. The molecule has 4 N–H and O–H groups in total. The SMILES string of the molecule is COC(=O)[C@H](Cc1ccc(-c2ccc(C(=O)NC3CCN(C(=O)O)CC3)cc2C)cc1)NC(=O)[C@H]1CC[C@H](CNC(=O)OC(C)(C)C)CC1. The van der Waals surface area contributed by atoms with E-state index in [1.807, 2.05) is 64.1 Å². The summed E-state index contributed by atoms with van der Waals surface area (Å²) in [6, 6.07) is 12.4. The first-order valence-electron chi connectivity index (χ1n) is 17.1. The van der Waals surface area contributed by atoms with E-state index in [0.717, 1.165) is 35.1 Å². The highest BCUT2D eigenvalue weighted by Crippen LogP contribution is 2.29. The highest BCUT2D eigenvalue weighted by atomic mass is 16.6. The molecule has 1 aliphatic carbocycles. The molecule has 0 aromatic heterocycles. The average molecular weight is 679 g/mol. The predicted octanol–water partition coefficient (Wildman–Crippen LogP) is 5.07. The molecule has 2 aromatic rings. The zero-order valence-corrected chi connectivity index (χ0v) is 29.2. The maximum atomic E-state index is 13.2. The van der Waals surface area contributed by atoms with Gasteiger partial charge in [0.25, 0.3) is 5.91 Å². The van der Waals surface area contributed by atoms with Gasteiger partial charge in [-0.3, -0.25) is 9.59 Å². The second-order valence-electron chi connectivity index (χ2n) is 14.1. The van der Waals surface area contributed by atoms with E-state index in [0.29, 0.717) is 50.9 Å². The second-order valence-corrected chi connectivity index (χ2v) is 14.1. The number of rotatable bonds is 10. The minimum Gasteiger partial charge on any atom is -0.467 e. The fourth-order valence-electron chi connectivity index (χ4n) is 6.46. The number of piperidine rings is 1. The molecule has 4 amide bonds. The molecular formula is C37H50N4O8. The van der Waals surface area contributed by atoms with Gasteiger partial charge in [0.05, 0.1) is 7.11 Å². The molecule has 1 heterocycles. The molecule has 1 atom stereocenters. The number of benzene rings is 2. The summed E-state index contributed by atoms with van der Waals surface area (Å²) in [5, 5.41) is 17.9. The van der Waals surface area contributed by atoms with E-state index in [2.05, 4.69) is 16.0 Å². The van der Waals surface area contributed by atoms with Crippen molar-refractivity contribution in [2.45, 2.75) is 90.3 Å². The summed E-state index contributed by atoms with van der Waals surface area (Å²) in [7, 11) is 1.31. The Morgan fingerprint density at radius 1 is 0.939 bits per heavy atom. The molecule has 1 saturated carbocycles. The first-order chi connectivity index (χ1) is 23.2. The number of nitrogens with zero attached hydrogens (tertiary/aromatic N) is 1. The molecule has 49 heavy (non-hydrogen) atoms. The minimum absolute atomic E-state index is 0.0657. The van der Waals surface area contributed by atoms with E-state index in [-0.39, 0.29) is 36.1 Å². The summed E-state index contributed by atoms with van der Waals surface area (Å²) in [6.07, 6.45) is 2.98. The molecule has 266 valence electrons. The fraction of sp³-hybridized carbons (Fsp3) is 0.541. The van der Waals surface area contributed by atoms with Crippen LogP contribution in [0, 0.1) is 18.8 Å². The van der Waals surface area contributed by atoms with Crippen LogP contribution in [-0.4, -0.2) is 84.4 Å². The normalized spacial score (nSPS) is 18.9. The van der Waals surface area contributed by atoms with Crippen LogP contribution in [0.2, 0.25) is 0 Å². The van der Waals surface area contributed by atoms with Crippen LogP contribution in [0.3, 0.4) is 0 Å². The molecule has 4 rings (SSSR count). The van der Waals surface area contributed by atoms with Gasteiger partial charge in [0.1, 0.15) is 11.6 Å². The first kappa shape index (κ1) is 37.2. The van der Waals surface area contributed by atoms with Crippen LogP contribution in [0.4, 0.5) is 9.59 Å². The standard InChI is InChI=1S/C37H50N4O8/c1-23-20-28(33(43)39-29-16-18-41(19-17-29)36(46)47)14-15-30(23)26-10-6-24(7-11-26)21-31(34(44)48-5)40-32(42)27-12-8-25(9-13-27)22-38-35(45)49-37(2,3)4/h6-7,10-11,14-15,20,25,27,29,31H,8-9,12-13,16-19,21-22H2,1-5H3,(H,38,45)(H,39,43)(H,40,42)(H,46,47)/t25-,27-,31-/m0/s1. The third-order valence-corrected chi connectivity index (χ3v) is 9.25. The Balaban J connectivity index is 1.29. The van der Waals surface area contributed by atoms with Gasteiger partial charge in [-0.1, -0.05) is 30.3 Å². The van der Waals surface area contributed by atoms with Gasteiger partial charge < -0.3 is 35.4 Å². The van der Waals surface area contributed by atoms with Crippen molar-refractivity contribution in [3.05, 3.63) is 59.2 Å². The minimum atomic E-state index is -0.934. The van der Waals surface area contributed by atoms with Gasteiger partial charge in [-0.15, -0.1) is 0 Å². The molecule has 2 aromatic carbocycles. The zero-order valence-electron chi connectivity index (χ0n) is 29.2. The first-order valence-corrected chi connectivity index (χ1v) is 17.1. The molecule has 12 heteroatoms. The van der Waals surface area contributed by atoms with Crippen LogP contribution in [0.1, 0.15) is 80.8 Å². The smallest absolute Gasteiger partial charge is 0.407 e. The number of carbonyl (C=O) groups excluding carboxylic acids is 4. The highest BCUT2D eigenvalue weighted by molar-refractivity contribution is 5.95. The van der Waals surface area contributed by atoms with Gasteiger partial charge >= 0.3 is 18.2 Å². The molecule has 1 aliphatic heterocycles. The van der Waals surface area contributed by atoms with Crippen molar-refractivity contribution in [2.75, 3.05) is 26.7 Å². The maximum Gasteiger partial charge on any atom is 0.407 e. The summed E-state index contributed by atoms with van der Waals surface area (Å²) < 4.78 is 10.3. The molecule has 1 saturated heterocycles. The summed E-state index contributed by atoms with van der Waals surface area (Å²) in [6.45, 7) is 8.70. The zero-order chi connectivity index (χ0) is 35.7. The molecular weight excluding hydrogens is 628 g/mol. The summed E-state index contributed by atoms with van der Waals surface area (Å²) >= 11 is 0. The fourth-order valence-corrected chi connectivity index (χ4v) is 6.46. The number of hydrogen-bond donors (Lipinski definition) is 4. The molecule has 0 radical (unpaired) electrons. The number of carbonyl (C=O) groups is 5. The Bertz CT molecular complexity index is 1490. The number of carboxylic acid groups (broad SMARTS) is 1. The van der Waals surface area contributed by atoms with Crippen molar-refractivity contribution in [1.82, 2.24) is 20.9 Å². The number of likely N-dealkylation sites (tertiary alicyclic amines) is 1. The van der Waals surface area contributed by atoms with Gasteiger partial charge in [-0.25, -0.2) is 14.4 Å². The van der Waals surface area contributed by atoms with Crippen LogP contribution in [0.25, 0.3) is 11.1 Å². The number of aryl methyl sites for hydroxylation is 1. The van der Waals surface area contributed by atoms with E-state index >= 15 is 0 Å². The van der Waals surface area contributed by atoms with Gasteiger partial charge in [-0.2, -0.15) is 0 Å². The predicted molar refractivity (Wildman–Crippen MR) is 184 cm³/mol. The largest absolute Gasteiger partial charge is 0.467 e. The van der Waals surface area contributed by atoms with Crippen molar-refractivity contribution >= 4 is 30.0 Å². The number of amides is 4. The lowest BCUT2D eigenvalue weighted by Gasteiger charge is -2.30. The van der Waals surface area contributed by atoms with Gasteiger partial charge in [0.15, 0.2) is 0 Å². The Morgan fingerprint density at radius 3 is 2.16 bits per heavy atom. The lowest BCUT2D eigenvalue weighted by Crippen LogP contribution is -2.46. The maximum absolute atomic E-state index is 13.2.